The van der Waals surface area contributed by atoms with Gasteiger partial charge in [0, 0.05) is 10.9 Å². The number of rotatable bonds is 5. The Morgan fingerprint density at radius 2 is 2.35 bits per heavy atom. The predicted molar refractivity (Wildman–Crippen MR) is 82.0 cm³/mol. The van der Waals surface area contributed by atoms with Crippen molar-refractivity contribution in [3.8, 4) is 5.75 Å². The van der Waals surface area contributed by atoms with Crippen LogP contribution in [0.15, 0.2) is 29.3 Å². The zero-order valence-corrected chi connectivity index (χ0v) is 13.5. The van der Waals surface area contributed by atoms with Gasteiger partial charge in [-0.3, -0.25) is 4.79 Å². The molecule has 1 unspecified atom stereocenters. The number of carbonyl (C=O) groups is 1. The van der Waals surface area contributed by atoms with Gasteiger partial charge in [0.1, 0.15) is 5.75 Å². The van der Waals surface area contributed by atoms with E-state index in [9.17, 15) is 4.79 Å². The van der Waals surface area contributed by atoms with Crippen LogP contribution < -0.4 is 4.74 Å². The quantitative estimate of drug-likeness (QED) is 0.606. The molecule has 1 heterocycles. The van der Waals surface area contributed by atoms with Gasteiger partial charge in [-0.2, -0.15) is 0 Å². The first-order chi connectivity index (χ1) is 9.50. The van der Waals surface area contributed by atoms with E-state index in [-0.39, 0.29) is 5.97 Å². The lowest BCUT2D eigenvalue weighted by atomic mass is 9.83. The highest BCUT2D eigenvalue weighted by Crippen LogP contribution is 2.37. The summed E-state index contributed by atoms with van der Waals surface area (Å²) in [7, 11) is 0. The second-order valence-electron chi connectivity index (χ2n) is 5.17. The molecule has 4 heteroatoms. The Balaban J connectivity index is 2.33. The smallest absolute Gasteiger partial charge is 0.315 e. The van der Waals surface area contributed by atoms with Crippen molar-refractivity contribution in [2.45, 2.75) is 26.7 Å². The molecule has 0 spiro atoms. The van der Waals surface area contributed by atoms with Gasteiger partial charge >= 0.3 is 5.97 Å². The summed E-state index contributed by atoms with van der Waals surface area (Å²) in [5, 5.41) is 0. The number of ether oxygens (including phenoxy) is 2. The first-order valence-corrected chi connectivity index (χ1v) is 7.54. The summed E-state index contributed by atoms with van der Waals surface area (Å²) in [6.07, 6.45) is 3.09. The normalized spacial score (nSPS) is 15.9. The van der Waals surface area contributed by atoms with Crippen molar-refractivity contribution in [2.75, 3.05) is 13.2 Å². The average molecular weight is 339 g/mol. The highest BCUT2D eigenvalue weighted by atomic mass is 79.9. The molecule has 2 rings (SSSR count). The Labute approximate surface area is 128 Å². The Bertz CT molecular complexity index is 539. The predicted octanol–water partition coefficient (Wildman–Crippen LogP) is 3.68. The first kappa shape index (κ1) is 15.1. The minimum absolute atomic E-state index is 0.248. The van der Waals surface area contributed by atoms with E-state index in [0.717, 1.165) is 22.2 Å². The molecule has 0 amide bonds. The van der Waals surface area contributed by atoms with Crippen LogP contribution >= 0.6 is 15.9 Å². The minimum Gasteiger partial charge on any atom is -0.493 e. The van der Waals surface area contributed by atoms with E-state index < -0.39 is 5.41 Å². The summed E-state index contributed by atoms with van der Waals surface area (Å²) in [4.78, 5) is 12.1. The maximum atomic E-state index is 12.1. The maximum absolute atomic E-state index is 12.1. The lowest BCUT2D eigenvalue weighted by molar-refractivity contribution is -0.151. The third kappa shape index (κ3) is 2.90. The van der Waals surface area contributed by atoms with Gasteiger partial charge < -0.3 is 9.47 Å². The molecule has 1 aliphatic heterocycles. The molecule has 1 atom stereocenters. The second kappa shape index (κ2) is 6.00. The van der Waals surface area contributed by atoms with Crippen molar-refractivity contribution in [3.63, 3.8) is 0 Å². The lowest BCUT2D eigenvalue weighted by Crippen LogP contribution is -2.30. The fraction of sp³-hybridized carbons (Fsp3) is 0.438. The molecule has 0 aliphatic carbocycles. The number of carbonyl (C=O) groups excluding carboxylic acids is 1. The summed E-state index contributed by atoms with van der Waals surface area (Å²) in [5.41, 5.74) is 1.46. The summed E-state index contributed by atoms with van der Waals surface area (Å²) < 4.78 is 11.9. The topological polar surface area (TPSA) is 35.5 Å². The molecule has 108 valence electrons. The van der Waals surface area contributed by atoms with Gasteiger partial charge in [0.05, 0.1) is 18.6 Å². The van der Waals surface area contributed by atoms with Crippen molar-refractivity contribution in [2.24, 2.45) is 5.41 Å². The van der Waals surface area contributed by atoms with Crippen molar-refractivity contribution < 1.29 is 14.3 Å². The third-order valence-corrected chi connectivity index (χ3v) is 4.03. The van der Waals surface area contributed by atoms with E-state index in [4.69, 9.17) is 9.47 Å². The van der Waals surface area contributed by atoms with E-state index in [1.54, 1.807) is 13.0 Å². The van der Waals surface area contributed by atoms with Gasteiger partial charge in [-0.1, -0.05) is 22.0 Å². The van der Waals surface area contributed by atoms with Crippen LogP contribution in [0.25, 0.3) is 0 Å². The van der Waals surface area contributed by atoms with Gasteiger partial charge in [-0.15, -0.1) is 6.58 Å². The number of hydrogen-bond donors (Lipinski definition) is 0. The Morgan fingerprint density at radius 3 is 3.00 bits per heavy atom. The highest BCUT2D eigenvalue weighted by molar-refractivity contribution is 9.10. The average Bonchev–Trinajstić information content (AvgIpc) is 2.87. The SMILES string of the molecule is C=CC(C)(Cc1cc(Br)cc2c1OCC2)C(=O)OCC. The van der Waals surface area contributed by atoms with Gasteiger partial charge in [-0.25, -0.2) is 0 Å². The number of benzene rings is 1. The largest absolute Gasteiger partial charge is 0.493 e. The van der Waals surface area contributed by atoms with Crippen molar-refractivity contribution >= 4 is 21.9 Å². The molecule has 0 N–H and O–H groups in total. The molecule has 0 radical (unpaired) electrons. The minimum atomic E-state index is -0.740. The molecule has 3 nitrogen and oxygen atoms in total. The monoisotopic (exact) mass is 338 g/mol. The fourth-order valence-electron chi connectivity index (χ4n) is 2.40. The Morgan fingerprint density at radius 1 is 1.60 bits per heavy atom. The van der Waals surface area contributed by atoms with Crippen LogP contribution in [-0.2, 0) is 22.4 Å². The summed E-state index contributed by atoms with van der Waals surface area (Å²) in [5.74, 6) is 0.660. The number of esters is 1. The van der Waals surface area contributed by atoms with Crippen LogP contribution in [0.4, 0.5) is 0 Å². The molecule has 1 aliphatic rings. The van der Waals surface area contributed by atoms with E-state index in [0.29, 0.717) is 19.6 Å². The fourth-order valence-corrected chi connectivity index (χ4v) is 2.95. The molecule has 0 aromatic heterocycles. The van der Waals surface area contributed by atoms with Gasteiger partial charge in [0.25, 0.3) is 0 Å². The Hall–Kier alpha value is -1.29. The van der Waals surface area contributed by atoms with E-state index >= 15 is 0 Å². The van der Waals surface area contributed by atoms with E-state index in [1.165, 1.54) is 5.56 Å². The van der Waals surface area contributed by atoms with Crippen molar-refractivity contribution in [3.05, 3.63) is 40.4 Å². The highest BCUT2D eigenvalue weighted by Gasteiger charge is 2.33. The molecular weight excluding hydrogens is 320 g/mol. The molecule has 0 saturated carbocycles. The summed E-state index contributed by atoms with van der Waals surface area (Å²) in [6.45, 7) is 8.52. The summed E-state index contributed by atoms with van der Waals surface area (Å²) in [6, 6.07) is 4.08. The van der Waals surface area contributed by atoms with Crippen LogP contribution in [0.5, 0.6) is 5.75 Å². The van der Waals surface area contributed by atoms with Crippen LogP contribution in [0.1, 0.15) is 25.0 Å². The lowest BCUT2D eigenvalue weighted by Gasteiger charge is -2.24. The van der Waals surface area contributed by atoms with Crippen LogP contribution in [0.2, 0.25) is 0 Å². The molecule has 0 saturated heterocycles. The molecule has 1 aromatic rings. The van der Waals surface area contributed by atoms with Gasteiger partial charge in [-0.05, 0) is 43.5 Å². The van der Waals surface area contributed by atoms with E-state index in [2.05, 4.69) is 28.6 Å². The van der Waals surface area contributed by atoms with Gasteiger partial charge in [0.2, 0.25) is 0 Å². The zero-order valence-electron chi connectivity index (χ0n) is 11.9. The second-order valence-corrected chi connectivity index (χ2v) is 6.09. The van der Waals surface area contributed by atoms with Crippen molar-refractivity contribution in [1.82, 2.24) is 0 Å². The van der Waals surface area contributed by atoms with Crippen LogP contribution in [0, 0.1) is 5.41 Å². The molecule has 20 heavy (non-hydrogen) atoms. The molecule has 0 bridgehead atoms. The molecular formula is C16H19BrO3. The number of fused-ring (bicyclic) bond motifs is 1. The van der Waals surface area contributed by atoms with E-state index in [1.807, 2.05) is 13.0 Å². The van der Waals surface area contributed by atoms with Crippen molar-refractivity contribution in [1.29, 1.82) is 0 Å². The maximum Gasteiger partial charge on any atom is 0.315 e. The van der Waals surface area contributed by atoms with Crippen LogP contribution in [-0.4, -0.2) is 19.2 Å². The third-order valence-electron chi connectivity index (χ3n) is 3.58. The number of halogens is 1. The Kier molecular flexibility index (Phi) is 4.53. The zero-order chi connectivity index (χ0) is 14.8. The number of hydrogen-bond acceptors (Lipinski definition) is 3. The summed E-state index contributed by atoms with van der Waals surface area (Å²) >= 11 is 3.52. The standard InChI is InChI=1S/C16H19BrO3/c1-4-16(3,15(18)19-5-2)10-12-9-13(17)8-11-6-7-20-14(11)12/h4,8-9H,1,5-7,10H2,2-3H3. The first-order valence-electron chi connectivity index (χ1n) is 6.75. The molecule has 0 fully saturated rings. The van der Waals surface area contributed by atoms with Crippen LogP contribution in [0.3, 0.4) is 0 Å². The van der Waals surface area contributed by atoms with Gasteiger partial charge in [0.15, 0.2) is 0 Å². The molecule has 1 aromatic carbocycles.